The number of carboxylic acids is 2. The smallest absolute Gasteiger partial charge is 0.447 e. The van der Waals surface area contributed by atoms with Crippen LogP contribution in [0.4, 0.5) is 39.5 Å². The lowest BCUT2D eigenvalue weighted by molar-refractivity contribution is -0.446. The fraction of sp³-hybridized carbons (Fsp3) is 0.812. The van der Waals surface area contributed by atoms with Crippen LogP contribution in [-0.2, 0) is 33.3 Å². The summed E-state index contributed by atoms with van der Waals surface area (Å²) >= 11 is 0. The van der Waals surface area contributed by atoms with Gasteiger partial charge in [0, 0.05) is 6.61 Å². The zero-order valence-corrected chi connectivity index (χ0v) is 17.1. The number of hydrogen-bond acceptors (Lipinski definition) is 7. The van der Waals surface area contributed by atoms with Crippen molar-refractivity contribution < 1.29 is 83.1 Å². The highest BCUT2D eigenvalue weighted by atomic mass is 19.4. The molecule has 18 heteroatoms. The third-order valence-electron chi connectivity index (χ3n) is 3.90. The summed E-state index contributed by atoms with van der Waals surface area (Å²) in [6, 6.07) is 0. The van der Waals surface area contributed by atoms with E-state index in [1.54, 1.807) is 6.92 Å². The third-order valence-corrected chi connectivity index (χ3v) is 3.90. The van der Waals surface area contributed by atoms with Gasteiger partial charge >= 0.3 is 42.0 Å². The van der Waals surface area contributed by atoms with E-state index in [0.717, 1.165) is 0 Å². The lowest BCUT2D eigenvalue weighted by Gasteiger charge is -2.38. The SMILES string of the molecule is CCOCCOCCOC(CC(=O)O)(CC(=O)OC(C(F)(F)F)(C(F)(F)F)C(F)(F)F)C(=O)O. The van der Waals surface area contributed by atoms with Crippen molar-refractivity contribution in [1.82, 2.24) is 0 Å². The molecule has 200 valence electrons. The number of rotatable bonds is 14. The average Bonchev–Trinajstić information content (AvgIpc) is 2.61. The Kier molecular flexibility index (Phi) is 11.1. The van der Waals surface area contributed by atoms with Crippen LogP contribution in [0.15, 0.2) is 0 Å². The first-order chi connectivity index (χ1) is 15.3. The first-order valence-electron chi connectivity index (χ1n) is 8.94. The van der Waals surface area contributed by atoms with Crippen LogP contribution in [0, 0.1) is 0 Å². The molecular formula is C16H19F9O9. The largest absolute Gasteiger partial charge is 0.481 e. The molecule has 0 aromatic heterocycles. The summed E-state index contributed by atoms with van der Waals surface area (Å²) in [6.45, 7) is 0.509. The van der Waals surface area contributed by atoms with E-state index in [1.807, 2.05) is 0 Å². The zero-order valence-electron chi connectivity index (χ0n) is 17.1. The number of ether oxygens (including phenoxy) is 4. The molecule has 1 unspecified atom stereocenters. The van der Waals surface area contributed by atoms with Gasteiger partial charge < -0.3 is 29.2 Å². The van der Waals surface area contributed by atoms with Gasteiger partial charge in [-0.15, -0.1) is 0 Å². The van der Waals surface area contributed by atoms with Crippen molar-refractivity contribution in [3.8, 4) is 0 Å². The maximum Gasteiger partial charge on any atom is 0.447 e. The standard InChI is InChI=1S/C16H19F9O9/c1-2-31-3-4-32-5-6-33-12(11(29)30,7-9(26)27)8-10(28)34-13(14(17,18)19,15(20,21)22)16(23,24)25/h2-8H2,1H3,(H,26,27)(H,29,30). The molecule has 0 aliphatic rings. The molecule has 0 saturated heterocycles. The summed E-state index contributed by atoms with van der Waals surface area (Å²) in [5, 5.41) is 18.1. The molecule has 9 nitrogen and oxygen atoms in total. The van der Waals surface area contributed by atoms with Crippen molar-refractivity contribution >= 4 is 17.9 Å². The number of carbonyl (C=O) groups excluding carboxylic acids is 1. The summed E-state index contributed by atoms with van der Waals surface area (Å²) < 4.78 is 133. The number of alkyl halides is 9. The molecule has 0 amide bonds. The Balaban J connectivity index is 5.91. The number of carbonyl (C=O) groups is 3. The molecule has 0 fully saturated rings. The molecule has 0 rings (SSSR count). The second kappa shape index (κ2) is 11.9. The summed E-state index contributed by atoms with van der Waals surface area (Å²) in [5.41, 5.74) is -10.4. The van der Waals surface area contributed by atoms with E-state index in [1.165, 1.54) is 0 Å². The molecule has 0 aromatic carbocycles. The van der Waals surface area contributed by atoms with Crippen molar-refractivity contribution in [2.75, 3.05) is 33.0 Å². The topological polar surface area (TPSA) is 129 Å². The molecule has 0 heterocycles. The second-order valence-corrected chi connectivity index (χ2v) is 6.35. The lowest BCUT2D eigenvalue weighted by Crippen LogP contribution is -2.68. The minimum absolute atomic E-state index is 0.0520. The molecule has 0 aliphatic carbocycles. The second-order valence-electron chi connectivity index (χ2n) is 6.35. The first kappa shape index (κ1) is 31.7. The van der Waals surface area contributed by atoms with Crippen molar-refractivity contribution in [2.45, 2.75) is 49.5 Å². The molecule has 1 atom stereocenters. The highest BCUT2D eigenvalue weighted by Gasteiger charge is 2.87. The van der Waals surface area contributed by atoms with E-state index in [9.17, 15) is 59.0 Å². The van der Waals surface area contributed by atoms with E-state index in [2.05, 4.69) is 9.47 Å². The maximum absolute atomic E-state index is 12.9. The Hall–Kier alpha value is -2.34. The van der Waals surface area contributed by atoms with Gasteiger partial charge in [-0.2, -0.15) is 39.5 Å². The quantitative estimate of drug-likeness (QED) is 0.200. The van der Waals surface area contributed by atoms with Crippen molar-refractivity contribution in [3.63, 3.8) is 0 Å². The van der Waals surface area contributed by atoms with E-state index in [-0.39, 0.29) is 13.2 Å². The predicted octanol–water partition coefficient (Wildman–Crippen LogP) is 2.71. The molecule has 0 saturated carbocycles. The summed E-state index contributed by atoms with van der Waals surface area (Å²) in [7, 11) is 0. The number of esters is 1. The average molecular weight is 526 g/mol. The monoisotopic (exact) mass is 526 g/mol. The van der Waals surface area contributed by atoms with Gasteiger partial charge in [-0.05, 0) is 6.92 Å². The van der Waals surface area contributed by atoms with Crippen LogP contribution in [0.3, 0.4) is 0 Å². The Morgan fingerprint density at radius 3 is 1.53 bits per heavy atom. The fourth-order valence-electron chi connectivity index (χ4n) is 2.38. The molecule has 0 bridgehead atoms. The Bertz CT molecular complexity index is 667. The van der Waals surface area contributed by atoms with Crippen LogP contribution in [0.2, 0.25) is 0 Å². The van der Waals surface area contributed by atoms with E-state index >= 15 is 0 Å². The molecule has 0 aromatic rings. The normalized spacial score (nSPS) is 15.0. The lowest BCUT2D eigenvalue weighted by atomic mass is 9.94. The van der Waals surface area contributed by atoms with E-state index < -0.39 is 73.7 Å². The first-order valence-corrected chi connectivity index (χ1v) is 8.94. The summed E-state index contributed by atoms with van der Waals surface area (Å²) in [6.07, 6.45) is -25.8. The van der Waals surface area contributed by atoms with Crippen LogP contribution in [0.1, 0.15) is 19.8 Å². The number of hydrogen-bond donors (Lipinski definition) is 2. The van der Waals surface area contributed by atoms with Crippen molar-refractivity contribution in [3.05, 3.63) is 0 Å². The van der Waals surface area contributed by atoms with Gasteiger partial charge in [0.25, 0.3) is 0 Å². The number of halogens is 9. The molecule has 0 radical (unpaired) electrons. The highest BCUT2D eigenvalue weighted by molar-refractivity contribution is 5.89. The Morgan fingerprint density at radius 2 is 1.15 bits per heavy atom. The van der Waals surface area contributed by atoms with E-state index in [4.69, 9.17) is 14.6 Å². The van der Waals surface area contributed by atoms with Gasteiger partial charge in [0.15, 0.2) is 5.60 Å². The fourth-order valence-corrected chi connectivity index (χ4v) is 2.38. The minimum atomic E-state index is -7.27. The van der Waals surface area contributed by atoms with Crippen molar-refractivity contribution in [2.24, 2.45) is 0 Å². The molecule has 0 spiro atoms. The van der Waals surface area contributed by atoms with Gasteiger partial charge in [-0.3, -0.25) is 9.59 Å². The van der Waals surface area contributed by atoms with Crippen LogP contribution >= 0.6 is 0 Å². The molecular weight excluding hydrogens is 507 g/mol. The molecule has 0 aliphatic heterocycles. The van der Waals surface area contributed by atoms with Crippen LogP contribution in [0.5, 0.6) is 0 Å². The Morgan fingerprint density at radius 1 is 0.706 bits per heavy atom. The van der Waals surface area contributed by atoms with Gasteiger partial charge in [0.2, 0.25) is 0 Å². The highest BCUT2D eigenvalue weighted by Crippen LogP contribution is 2.55. The number of aliphatic carboxylic acids is 2. The van der Waals surface area contributed by atoms with Gasteiger partial charge in [0.05, 0.1) is 39.3 Å². The third kappa shape index (κ3) is 7.86. The maximum atomic E-state index is 12.9. The Labute approximate surface area is 184 Å². The molecule has 2 N–H and O–H groups in total. The van der Waals surface area contributed by atoms with Crippen LogP contribution in [-0.4, -0.2) is 90.9 Å². The van der Waals surface area contributed by atoms with Gasteiger partial charge in [0.1, 0.15) is 0 Å². The minimum Gasteiger partial charge on any atom is -0.481 e. The van der Waals surface area contributed by atoms with Crippen LogP contribution < -0.4 is 0 Å². The molecule has 34 heavy (non-hydrogen) atoms. The van der Waals surface area contributed by atoms with Crippen LogP contribution in [0.25, 0.3) is 0 Å². The number of carboxylic acid groups (broad SMARTS) is 2. The van der Waals surface area contributed by atoms with E-state index in [0.29, 0.717) is 6.61 Å². The zero-order chi connectivity index (χ0) is 27.0. The summed E-state index contributed by atoms with van der Waals surface area (Å²) in [5.74, 6) is -7.45. The predicted molar refractivity (Wildman–Crippen MR) is 87.5 cm³/mol. The van der Waals surface area contributed by atoms with Crippen molar-refractivity contribution in [1.29, 1.82) is 0 Å². The van der Waals surface area contributed by atoms with Gasteiger partial charge in [-0.1, -0.05) is 0 Å². The summed E-state index contributed by atoms with van der Waals surface area (Å²) in [4.78, 5) is 34.3. The van der Waals surface area contributed by atoms with Gasteiger partial charge in [-0.25, -0.2) is 4.79 Å².